The van der Waals surface area contributed by atoms with Crippen LogP contribution in [0.5, 0.6) is 5.75 Å². The van der Waals surface area contributed by atoms with Crippen LogP contribution < -0.4 is 4.74 Å². The molecule has 0 unspecified atom stereocenters. The molecular formula is C16H11N5O4S. The van der Waals surface area contributed by atoms with Gasteiger partial charge in [-0.1, -0.05) is 23.4 Å². The summed E-state index contributed by atoms with van der Waals surface area (Å²) < 4.78 is 12.2. The molecule has 0 amide bonds. The van der Waals surface area contributed by atoms with Crippen molar-refractivity contribution in [2.24, 2.45) is 0 Å². The topological polar surface area (TPSA) is 109 Å². The standard InChI is InChI=1S/C16H11N5O4S/c22-21(23)12-4-1-2-5-13(12)24-10-20-8-7-11(18-20)16-17-15(19-25-16)14-6-3-9-26-14/h1-9H,10H2. The Labute approximate surface area is 150 Å². The first-order valence-electron chi connectivity index (χ1n) is 7.48. The number of nitro benzene ring substituents is 1. The molecule has 3 heterocycles. The number of rotatable bonds is 6. The molecule has 0 aliphatic heterocycles. The number of hydrogen-bond acceptors (Lipinski definition) is 8. The van der Waals surface area contributed by atoms with Crippen molar-refractivity contribution >= 4 is 17.0 Å². The van der Waals surface area contributed by atoms with Crippen LogP contribution in [0.25, 0.3) is 22.3 Å². The van der Waals surface area contributed by atoms with Crippen LogP contribution in [0.4, 0.5) is 5.69 Å². The molecule has 0 bridgehead atoms. The molecule has 0 saturated carbocycles. The average molecular weight is 369 g/mol. The third kappa shape index (κ3) is 3.17. The molecule has 26 heavy (non-hydrogen) atoms. The van der Waals surface area contributed by atoms with Gasteiger partial charge in [-0.25, -0.2) is 4.68 Å². The van der Waals surface area contributed by atoms with E-state index in [-0.39, 0.29) is 24.1 Å². The minimum absolute atomic E-state index is 0.0107. The quantitative estimate of drug-likeness (QED) is 0.377. The Balaban J connectivity index is 1.48. The Morgan fingerprint density at radius 3 is 2.92 bits per heavy atom. The summed E-state index contributed by atoms with van der Waals surface area (Å²) >= 11 is 1.51. The summed E-state index contributed by atoms with van der Waals surface area (Å²) in [5.74, 6) is 0.964. The average Bonchev–Trinajstić information content (AvgIpc) is 3.40. The van der Waals surface area contributed by atoms with Crippen molar-refractivity contribution in [3.63, 3.8) is 0 Å². The van der Waals surface area contributed by atoms with E-state index < -0.39 is 4.92 Å². The van der Waals surface area contributed by atoms with Crippen LogP contribution in [-0.2, 0) is 6.73 Å². The van der Waals surface area contributed by atoms with Crippen LogP contribution in [0.1, 0.15) is 0 Å². The number of ether oxygens (including phenoxy) is 1. The first kappa shape index (κ1) is 16.0. The van der Waals surface area contributed by atoms with Crippen molar-refractivity contribution in [3.05, 3.63) is 64.2 Å². The van der Waals surface area contributed by atoms with Crippen LogP contribution >= 0.6 is 11.3 Å². The van der Waals surface area contributed by atoms with E-state index in [0.29, 0.717) is 11.5 Å². The Morgan fingerprint density at radius 1 is 1.23 bits per heavy atom. The second-order valence-corrected chi connectivity index (χ2v) is 6.09. The molecule has 0 fully saturated rings. The molecule has 0 spiro atoms. The lowest BCUT2D eigenvalue weighted by atomic mass is 10.3. The Hall–Kier alpha value is -3.53. The zero-order valence-electron chi connectivity index (χ0n) is 13.2. The lowest BCUT2D eigenvalue weighted by Crippen LogP contribution is -2.07. The van der Waals surface area contributed by atoms with Gasteiger partial charge >= 0.3 is 5.69 Å². The normalized spacial score (nSPS) is 10.8. The minimum atomic E-state index is -0.492. The predicted molar refractivity (Wildman–Crippen MR) is 92.6 cm³/mol. The van der Waals surface area contributed by atoms with E-state index >= 15 is 0 Å². The summed E-state index contributed by atoms with van der Waals surface area (Å²) in [6, 6.07) is 11.7. The van der Waals surface area contributed by atoms with E-state index in [0.717, 1.165) is 4.88 Å². The number of para-hydroxylation sites is 2. The summed E-state index contributed by atoms with van der Waals surface area (Å²) in [6.45, 7) is 0.0107. The van der Waals surface area contributed by atoms with E-state index in [4.69, 9.17) is 9.26 Å². The monoisotopic (exact) mass is 369 g/mol. The second-order valence-electron chi connectivity index (χ2n) is 5.14. The van der Waals surface area contributed by atoms with E-state index in [1.54, 1.807) is 24.4 Å². The first-order valence-corrected chi connectivity index (χ1v) is 8.36. The highest BCUT2D eigenvalue weighted by Gasteiger charge is 2.16. The maximum Gasteiger partial charge on any atom is 0.311 e. The van der Waals surface area contributed by atoms with Gasteiger partial charge in [-0.2, -0.15) is 10.1 Å². The van der Waals surface area contributed by atoms with Gasteiger partial charge in [0.15, 0.2) is 18.2 Å². The SMILES string of the molecule is O=[N+]([O-])c1ccccc1OCn1ccc(-c2nc(-c3cccs3)no2)n1. The molecule has 0 aliphatic rings. The van der Waals surface area contributed by atoms with Crippen LogP contribution in [0.15, 0.2) is 58.6 Å². The van der Waals surface area contributed by atoms with Crippen molar-refractivity contribution in [1.82, 2.24) is 19.9 Å². The number of hydrogen-bond donors (Lipinski definition) is 0. The fraction of sp³-hybridized carbons (Fsp3) is 0.0625. The molecule has 1 aromatic carbocycles. The van der Waals surface area contributed by atoms with Gasteiger partial charge in [0.1, 0.15) is 0 Å². The molecule has 0 atom stereocenters. The van der Waals surface area contributed by atoms with Gasteiger partial charge in [0.05, 0.1) is 9.80 Å². The molecule has 130 valence electrons. The number of aromatic nitrogens is 4. The van der Waals surface area contributed by atoms with Crippen molar-refractivity contribution in [2.45, 2.75) is 6.73 Å². The van der Waals surface area contributed by atoms with Crippen molar-refractivity contribution in [3.8, 4) is 28.0 Å². The predicted octanol–water partition coefficient (Wildman–Crippen LogP) is 3.61. The zero-order chi connectivity index (χ0) is 17.9. The van der Waals surface area contributed by atoms with Gasteiger partial charge in [-0.15, -0.1) is 11.3 Å². The molecule has 0 radical (unpaired) electrons. The summed E-state index contributed by atoms with van der Waals surface area (Å²) in [4.78, 5) is 15.7. The van der Waals surface area contributed by atoms with Gasteiger partial charge in [-0.3, -0.25) is 10.1 Å². The summed E-state index contributed by atoms with van der Waals surface area (Å²) in [7, 11) is 0. The molecule has 9 nitrogen and oxygen atoms in total. The lowest BCUT2D eigenvalue weighted by Gasteiger charge is -2.06. The summed E-state index contributed by atoms with van der Waals surface area (Å²) in [6.07, 6.45) is 1.67. The maximum absolute atomic E-state index is 11.0. The fourth-order valence-corrected chi connectivity index (χ4v) is 2.90. The molecule has 4 rings (SSSR count). The van der Waals surface area contributed by atoms with Crippen molar-refractivity contribution in [1.29, 1.82) is 0 Å². The number of benzene rings is 1. The number of thiophene rings is 1. The van der Waals surface area contributed by atoms with Gasteiger partial charge in [-0.05, 0) is 23.6 Å². The van der Waals surface area contributed by atoms with E-state index in [1.165, 1.54) is 28.2 Å². The molecule has 10 heteroatoms. The zero-order valence-corrected chi connectivity index (χ0v) is 14.0. The number of nitro groups is 1. The van der Waals surface area contributed by atoms with Gasteiger partial charge in [0.2, 0.25) is 5.82 Å². The van der Waals surface area contributed by atoms with E-state index in [9.17, 15) is 10.1 Å². The van der Waals surface area contributed by atoms with Gasteiger partial charge < -0.3 is 9.26 Å². The second kappa shape index (κ2) is 6.76. The van der Waals surface area contributed by atoms with Crippen LogP contribution in [0, 0.1) is 10.1 Å². The molecular weight excluding hydrogens is 358 g/mol. The van der Waals surface area contributed by atoms with Gasteiger partial charge in [0, 0.05) is 12.3 Å². The summed E-state index contributed by atoms with van der Waals surface area (Å²) in [5, 5.41) is 21.2. The summed E-state index contributed by atoms with van der Waals surface area (Å²) in [5.41, 5.74) is 0.392. The molecule has 3 aromatic heterocycles. The first-order chi connectivity index (χ1) is 12.7. The van der Waals surface area contributed by atoms with Crippen LogP contribution in [-0.4, -0.2) is 24.8 Å². The molecule has 0 aliphatic carbocycles. The fourth-order valence-electron chi connectivity index (χ4n) is 2.25. The Bertz CT molecular complexity index is 1040. The third-order valence-electron chi connectivity index (χ3n) is 3.44. The number of nitrogens with zero attached hydrogens (tertiary/aromatic N) is 5. The maximum atomic E-state index is 11.0. The largest absolute Gasteiger partial charge is 0.464 e. The molecule has 0 N–H and O–H groups in total. The van der Waals surface area contributed by atoms with Gasteiger partial charge in [0.25, 0.3) is 5.89 Å². The van der Waals surface area contributed by atoms with E-state index in [1.807, 2.05) is 17.5 Å². The minimum Gasteiger partial charge on any atom is -0.464 e. The molecule has 0 saturated heterocycles. The highest BCUT2D eigenvalue weighted by Crippen LogP contribution is 2.27. The Morgan fingerprint density at radius 2 is 2.12 bits per heavy atom. The third-order valence-corrected chi connectivity index (χ3v) is 4.31. The van der Waals surface area contributed by atoms with E-state index in [2.05, 4.69) is 15.2 Å². The molecule has 4 aromatic rings. The van der Waals surface area contributed by atoms with Crippen LogP contribution in [0.3, 0.4) is 0 Å². The van der Waals surface area contributed by atoms with Crippen molar-refractivity contribution in [2.75, 3.05) is 0 Å². The van der Waals surface area contributed by atoms with Crippen molar-refractivity contribution < 1.29 is 14.2 Å². The Kier molecular flexibility index (Phi) is 4.15. The highest BCUT2D eigenvalue weighted by molar-refractivity contribution is 7.13. The lowest BCUT2D eigenvalue weighted by molar-refractivity contribution is -0.386. The smallest absolute Gasteiger partial charge is 0.311 e. The highest BCUT2D eigenvalue weighted by atomic mass is 32.1. The van der Waals surface area contributed by atoms with Crippen LogP contribution in [0.2, 0.25) is 0 Å².